The Morgan fingerprint density at radius 2 is 2.00 bits per heavy atom. The molecule has 0 spiro atoms. The van der Waals surface area contributed by atoms with Gasteiger partial charge in [0.1, 0.15) is 18.7 Å². The zero-order valence-corrected chi connectivity index (χ0v) is 13.2. The van der Waals surface area contributed by atoms with Gasteiger partial charge >= 0.3 is 0 Å². The van der Waals surface area contributed by atoms with Gasteiger partial charge in [-0.05, 0) is 26.0 Å². The molecule has 5 nitrogen and oxygen atoms in total. The molecule has 2 rings (SSSR count). The van der Waals surface area contributed by atoms with Gasteiger partial charge in [-0.1, -0.05) is 32.0 Å². The van der Waals surface area contributed by atoms with Crippen molar-refractivity contribution in [2.75, 3.05) is 7.05 Å². The Kier molecular flexibility index (Phi) is 5.33. The van der Waals surface area contributed by atoms with Crippen LogP contribution in [-0.2, 0) is 13.2 Å². The zero-order valence-electron chi connectivity index (χ0n) is 13.2. The monoisotopic (exact) mass is 288 g/mol. The summed E-state index contributed by atoms with van der Waals surface area (Å²) in [5, 5.41) is 7.49. The molecular formula is C16H24N4O. The molecule has 1 N–H and O–H groups in total. The van der Waals surface area contributed by atoms with Crippen molar-refractivity contribution >= 4 is 0 Å². The maximum absolute atomic E-state index is 5.96. The van der Waals surface area contributed by atoms with Crippen molar-refractivity contribution in [1.82, 2.24) is 20.1 Å². The largest absolute Gasteiger partial charge is 0.485 e. The summed E-state index contributed by atoms with van der Waals surface area (Å²) in [7, 11) is 1.95. The van der Waals surface area contributed by atoms with Crippen LogP contribution in [0.25, 0.3) is 0 Å². The van der Waals surface area contributed by atoms with Gasteiger partial charge in [-0.15, -0.1) is 0 Å². The Bertz CT molecular complexity index is 565. The molecule has 0 saturated carbocycles. The van der Waals surface area contributed by atoms with Crippen molar-refractivity contribution in [1.29, 1.82) is 0 Å². The molecular weight excluding hydrogens is 264 g/mol. The molecule has 5 heteroatoms. The third kappa shape index (κ3) is 4.04. The van der Waals surface area contributed by atoms with E-state index in [1.165, 1.54) is 0 Å². The molecule has 0 aliphatic rings. The predicted octanol–water partition coefficient (Wildman–Crippen LogP) is 2.79. The van der Waals surface area contributed by atoms with E-state index in [0.717, 1.165) is 23.7 Å². The molecule has 1 heterocycles. The fourth-order valence-electron chi connectivity index (χ4n) is 2.17. The van der Waals surface area contributed by atoms with Gasteiger partial charge in [-0.2, -0.15) is 5.10 Å². The van der Waals surface area contributed by atoms with Crippen LogP contribution in [0.15, 0.2) is 30.6 Å². The van der Waals surface area contributed by atoms with E-state index in [0.29, 0.717) is 12.5 Å². The molecule has 0 aliphatic heterocycles. The molecule has 2 aromatic rings. The summed E-state index contributed by atoms with van der Waals surface area (Å²) in [6.07, 6.45) is 1.59. The van der Waals surface area contributed by atoms with Gasteiger partial charge in [0.25, 0.3) is 0 Å². The number of rotatable bonds is 7. The molecule has 1 aromatic carbocycles. The fourth-order valence-corrected chi connectivity index (χ4v) is 2.17. The van der Waals surface area contributed by atoms with Crippen molar-refractivity contribution in [2.24, 2.45) is 5.92 Å². The summed E-state index contributed by atoms with van der Waals surface area (Å²) in [6.45, 7) is 7.73. The van der Waals surface area contributed by atoms with Crippen molar-refractivity contribution < 1.29 is 4.74 Å². The topological polar surface area (TPSA) is 52.0 Å². The molecule has 114 valence electrons. The van der Waals surface area contributed by atoms with E-state index < -0.39 is 0 Å². The number of hydrogen-bond acceptors (Lipinski definition) is 4. The lowest BCUT2D eigenvalue weighted by Gasteiger charge is -2.16. The average molecular weight is 288 g/mol. The Balaban J connectivity index is 2.08. The molecule has 21 heavy (non-hydrogen) atoms. The van der Waals surface area contributed by atoms with Crippen molar-refractivity contribution in [3.63, 3.8) is 0 Å². The van der Waals surface area contributed by atoms with Gasteiger partial charge in [-0.3, -0.25) is 0 Å². The molecule has 0 bridgehead atoms. The van der Waals surface area contributed by atoms with Gasteiger partial charge in [-0.25, -0.2) is 9.67 Å². The highest BCUT2D eigenvalue weighted by molar-refractivity contribution is 5.35. The molecule has 1 aromatic heterocycles. The minimum absolute atomic E-state index is 0.245. The average Bonchev–Trinajstić information content (AvgIpc) is 2.91. The van der Waals surface area contributed by atoms with Crippen LogP contribution in [0.4, 0.5) is 0 Å². The number of aromatic nitrogens is 3. The van der Waals surface area contributed by atoms with Crippen molar-refractivity contribution in [3.05, 3.63) is 42.0 Å². The van der Waals surface area contributed by atoms with Crippen LogP contribution >= 0.6 is 0 Å². The van der Waals surface area contributed by atoms with E-state index in [-0.39, 0.29) is 6.04 Å². The minimum atomic E-state index is 0.245. The standard InChI is InChI=1S/C16H24N4O/c1-12(2)9-20-16(18-11-19-20)10-21-15-8-6-5-7-14(15)13(3)17-4/h5-8,11-13,17H,9-10H2,1-4H3. The van der Waals surface area contributed by atoms with E-state index in [1.54, 1.807) is 6.33 Å². The summed E-state index contributed by atoms with van der Waals surface area (Å²) >= 11 is 0. The Labute approximate surface area is 126 Å². The Morgan fingerprint density at radius 3 is 2.71 bits per heavy atom. The summed E-state index contributed by atoms with van der Waals surface area (Å²) in [6, 6.07) is 8.33. The molecule has 1 atom stereocenters. The predicted molar refractivity (Wildman–Crippen MR) is 83.1 cm³/mol. The normalized spacial score (nSPS) is 12.6. The summed E-state index contributed by atoms with van der Waals surface area (Å²) in [5.74, 6) is 2.27. The van der Waals surface area contributed by atoms with Crippen LogP contribution in [0.5, 0.6) is 5.75 Å². The van der Waals surface area contributed by atoms with Crippen LogP contribution in [0.1, 0.15) is 38.2 Å². The lowest BCUT2D eigenvalue weighted by Crippen LogP contribution is -2.15. The number of ether oxygens (including phenoxy) is 1. The number of nitrogens with one attached hydrogen (secondary N) is 1. The molecule has 0 fully saturated rings. The number of benzene rings is 1. The lowest BCUT2D eigenvalue weighted by atomic mass is 10.1. The van der Waals surface area contributed by atoms with E-state index in [4.69, 9.17) is 4.74 Å². The maximum Gasteiger partial charge on any atom is 0.164 e. The first-order valence-electron chi connectivity index (χ1n) is 7.37. The highest BCUT2D eigenvalue weighted by atomic mass is 16.5. The summed E-state index contributed by atoms with van der Waals surface area (Å²) < 4.78 is 7.87. The van der Waals surface area contributed by atoms with E-state index in [2.05, 4.69) is 42.2 Å². The Morgan fingerprint density at radius 1 is 1.24 bits per heavy atom. The molecule has 0 amide bonds. The summed E-state index contributed by atoms with van der Waals surface area (Å²) in [4.78, 5) is 4.29. The highest BCUT2D eigenvalue weighted by Gasteiger charge is 2.11. The number of hydrogen-bond donors (Lipinski definition) is 1. The SMILES string of the molecule is CNC(C)c1ccccc1OCc1ncnn1CC(C)C. The van der Waals surface area contributed by atoms with Gasteiger partial charge < -0.3 is 10.1 Å². The molecule has 0 saturated heterocycles. The second-order valence-electron chi connectivity index (χ2n) is 5.59. The van der Waals surface area contributed by atoms with Crippen LogP contribution in [0.2, 0.25) is 0 Å². The van der Waals surface area contributed by atoms with E-state index in [1.807, 2.05) is 29.9 Å². The van der Waals surface area contributed by atoms with Crippen LogP contribution in [0.3, 0.4) is 0 Å². The maximum atomic E-state index is 5.96. The van der Waals surface area contributed by atoms with Gasteiger partial charge in [0.05, 0.1) is 0 Å². The molecule has 1 unspecified atom stereocenters. The van der Waals surface area contributed by atoms with Crippen LogP contribution in [0, 0.1) is 5.92 Å². The second kappa shape index (κ2) is 7.22. The third-order valence-corrected chi connectivity index (χ3v) is 3.41. The second-order valence-corrected chi connectivity index (χ2v) is 5.59. The van der Waals surface area contributed by atoms with Crippen LogP contribution in [-0.4, -0.2) is 21.8 Å². The van der Waals surface area contributed by atoms with E-state index in [9.17, 15) is 0 Å². The van der Waals surface area contributed by atoms with Gasteiger partial charge in [0.15, 0.2) is 5.82 Å². The van der Waals surface area contributed by atoms with Gasteiger partial charge in [0, 0.05) is 18.2 Å². The molecule has 0 aliphatic carbocycles. The first kappa shape index (κ1) is 15.5. The highest BCUT2D eigenvalue weighted by Crippen LogP contribution is 2.25. The summed E-state index contributed by atoms with van der Waals surface area (Å²) in [5.41, 5.74) is 1.15. The fraction of sp³-hybridized carbons (Fsp3) is 0.500. The van der Waals surface area contributed by atoms with Crippen molar-refractivity contribution in [3.8, 4) is 5.75 Å². The molecule has 0 radical (unpaired) electrons. The number of nitrogens with zero attached hydrogens (tertiary/aromatic N) is 3. The third-order valence-electron chi connectivity index (χ3n) is 3.41. The Hall–Kier alpha value is -1.88. The first-order chi connectivity index (χ1) is 10.1. The van der Waals surface area contributed by atoms with Crippen molar-refractivity contribution in [2.45, 2.75) is 40.0 Å². The quantitative estimate of drug-likeness (QED) is 0.851. The van der Waals surface area contributed by atoms with Crippen LogP contribution < -0.4 is 10.1 Å². The number of para-hydroxylation sites is 1. The minimum Gasteiger partial charge on any atom is -0.485 e. The lowest BCUT2D eigenvalue weighted by molar-refractivity contribution is 0.278. The van der Waals surface area contributed by atoms with E-state index >= 15 is 0 Å². The zero-order chi connectivity index (χ0) is 15.2. The smallest absolute Gasteiger partial charge is 0.164 e. The van der Waals surface area contributed by atoms with Gasteiger partial charge in [0.2, 0.25) is 0 Å². The first-order valence-corrected chi connectivity index (χ1v) is 7.37.